The van der Waals surface area contributed by atoms with E-state index in [1.54, 1.807) is 6.08 Å². The van der Waals surface area contributed by atoms with Crippen molar-refractivity contribution in [1.82, 2.24) is 14.9 Å². The zero-order valence-electron chi connectivity index (χ0n) is 16.5. The zero-order chi connectivity index (χ0) is 20.3. The maximum absolute atomic E-state index is 12.6. The standard InChI is InChI=1S/C23H22N4O3/c28-23(8-6-17-5-7-20-21(15-17)30-14-13-29-20)27-11-9-26(10-12-27)22-16-24-18-3-1-2-4-19(18)25-22/h1-8,15-16H,9-14H2/b8-6-. The lowest BCUT2D eigenvalue weighted by atomic mass is 10.1. The first-order valence-electron chi connectivity index (χ1n) is 10.1. The number of piperazine rings is 1. The Balaban J connectivity index is 1.20. The first-order valence-corrected chi connectivity index (χ1v) is 10.1. The Kier molecular flexibility index (Phi) is 4.93. The number of amides is 1. The summed E-state index contributed by atoms with van der Waals surface area (Å²) < 4.78 is 11.1. The predicted molar refractivity (Wildman–Crippen MR) is 115 cm³/mol. The van der Waals surface area contributed by atoms with Crippen LogP contribution in [0.25, 0.3) is 17.1 Å². The number of aromatic nitrogens is 2. The van der Waals surface area contributed by atoms with Crippen molar-refractivity contribution in [2.24, 2.45) is 0 Å². The SMILES string of the molecule is O=C(/C=C\c1ccc2c(c1)OCCO2)N1CCN(c2cnc3ccccc3n2)CC1. The van der Waals surface area contributed by atoms with Crippen LogP contribution in [0.3, 0.4) is 0 Å². The molecule has 3 aromatic rings. The van der Waals surface area contributed by atoms with E-state index < -0.39 is 0 Å². The molecular formula is C23H22N4O3. The van der Waals surface area contributed by atoms with Crippen molar-refractivity contribution in [3.63, 3.8) is 0 Å². The quantitative estimate of drug-likeness (QED) is 0.628. The average molecular weight is 402 g/mol. The Labute approximate surface area is 174 Å². The molecule has 0 N–H and O–H groups in total. The van der Waals surface area contributed by atoms with Gasteiger partial charge in [0.15, 0.2) is 11.5 Å². The highest BCUT2D eigenvalue weighted by molar-refractivity contribution is 5.92. The van der Waals surface area contributed by atoms with Gasteiger partial charge >= 0.3 is 0 Å². The maximum atomic E-state index is 12.6. The number of para-hydroxylation sites is 2. The summed E-state index contributed by atoms with van der Waals surface area (Å²) in [7, 11) is 0. The summed E-state index contributed by atoms with van der Waals surface area (Å²) in [4.78, 5) is 25.8. The lowest BCUT2D eigenvalue weighted by molar-refractivity contribution is -0.126. The van der Waals surface area contributed by atoms with Gasteiger partial charge < -0.3 is 19.3 Å². The van der Waals surface area contributed by atoms with Gasteiger partial charge in [0, 0.05) is 32.3 Å². The van der Waals surface area contributed by atoms with Crippen molar-refractivity contribution < 1.29 is 14.3 Å². The molecule has 0 unspecified atom stereocenters. The summed E-state index contributed by atoms with van der Waals surface area (Å²) in [6, 6.07) is 13.5. The number of hydrogen-bond acceptors (Lipinski definition) is 6. The second-order valence-electron chi connectivity index (χ2n) is 7.27. The fourth-order valence-electron chi connectivity index (χ4n) is 3.69. The molecule has 7 nitrogen and oxygen atoms in total. The molecule has 0 aliphatic carbocycles. The number of anilines is 1. The van der Waals surface area contributed by atoms with Gasteiger partial charge in [-0.1, -0.05) is 18.2 Å². The normalized spacial score (nSPS) is 16.3. The topological polar surface area (TPSA) is 67.8 Å². The van der Waals surface area contributed by atoms with E-state index in [0.29, 0.717) is 26.3 Å². The molecule has 1 amide bonds. The van der Waals surface area contributed by atoms with E-state index in [0.717, 1.165) is 47.0 Å². The number of ether oxygens (including phenoxy) is 2. The number of fused-ring (bicyclic) bond motifs is 2. The van der Waals surface area contributed by atoms with Crippen LogP contribution in [-0.2, 0) is 4.79 Å². The maximum Gasteiger partial charge on any atom is 0.246 e. The third-order valence-corrected chi connectivity index (χ3v) is 5.34. The smallest absolute Gasteiger partial charge is 0.246 e. The lowest BCUT2D eigenvalue weighted by Gasteiger charge is -2.34. The number of nitrogens with zero attached hydrogens (tertiary/aromatic N) is 4. The van der Waals surface area contributed by atoms with E-state index in [1.807, 2.05) is 59.6 Å². The molecular weight excluding hydrogens is 380 g/mol. The van der Waals surface area contributed by atoms with Crippen molar-refractivity contribution in [2.45, 2.75) is 0 Å². The average Bonchev–Trinajstić information content (AvgIpc) is 2.82. The lowest BCUT2D eigenvalue weighted by Crippen LogP contribution is -2.48. The van der Waals surface area contributed by atoms with Crippen LogP contribution in [0, 0.1) is 0 Å². The Bertz CT molecular complexity index is 1110. The number of carbonyl (C=O) groups is 1. The van der Waals surface area contributed by atoms with Gasteiger partial charge in [-0.25, -0.2) is 4.98 Å². The van der Waals surface area contributed by atoms with Crippen LogP contribution in [-0.4, -0.2) is 60.2 Å². The van der Waals surface area contributed by atoms with E-state index in [1.165, 1.54) is 0 Å². The molecule has 2 aromatic carbocycles. The highest BCUT2D eigenvalue weighted by Gasteiger charge is 2.21. The Morgan fingerprint density at radius 3 is 2.53 bits per heavy atom. The van der Waals surface area contributed by atoms with Gasteiger partial charge in [0.25, 0.3) is 0 Å². The van der Waals surface area contributed by atoms with Gasteiger partial charge in [0.2, 0.25) is 5.91 Å². The minimum Gasteiger partial charge on any atom is -0.486 e. The van der Waals surface area contributed by atoms with E-state index in [4.69, 9.17) is 14.5 Å². The largest absolute Gasteiger partial charge is 0.486 e. The van der Waals surface area contributed by atoms with Crippen LogP contribution in [0.4, 0.5) is 5.82 Å². The number of benzene rings is 2. The summed E-state index contributed by atoms with van der Waals surface area (Å²) in [6.45, 7) is 3.88. The van der Waals surface area contributed by atoms with Crippen molar-refractivity contribution in [3.8, 4) is 11.5 Å². The van der Waals surface area contributed by atoms with Crippen molar-refractivity contribution in [3.05, 3.63) is 60.3 Å². The monoisotopic (exact) mass is 402 g/mol. The Morgan fingerprint density at radius 1 is 0.933 bits per heavy atom. The number of carbonyl (C=O) groups excluding carboxylic acids is 1. The van der Waals surface area contributed by atoms with Gasteiger partial charge in [-0.15, -0.1) is 0 Å². The first-order chi connectivity index (χ1) is 14.8. The second kappa shape index (κ2) is 8.02. The highest BCUT2D eigenvalue weighted by atomic mass is 16.6. The fraction of sp³-hybridized carbons (Fsp3) is 0.261. The van der Waals surface area contributed by atoms with Gasteiger partial charge in [0.05, 0.1) is 17.2 Å². The summed E-state index contributed by atoms with van der Waals surface area (Å²) in [5, 5.41) is 0. The molecule has 5 rings (SSSR count). The van der Waals surface area contributed by atoms with Crippen LogP contribution in [0.5, 0.6) is 11.5 Å². The van der Waals surface area contributed by atoms with Crippen LogP contribution < -0.4 is 14.4 Å². The summed E-state index contributed by atoms with van der Waals surface area (Å²) in [5.74, 6) is 2.33. The number of hydrogen-bond donors (Lipinski definition) is 0. The van der Waals surface area contributed by atoms with E-state index in [-0.39, 0.29) is 5.91 Å². The van der Waals surface area contributed by atoms with Crippen LogP contribution in [0.15, 0.2) is 54.7 Å². The Morgan fingerprint density at radius 2 is 1.70 bits per heavy atom. The second-order valence-corrected chi connectivity index (χ2v) is 7.27. The molecule has 152 valence electrons. The molecule has 0 atom stereocenters. The molecule has 0 radical (unpaired) electrons. The van der Waals surface area contributed by atoms with Gasteiger partial charge in [-0.2, -0.15) is 0 Å². The van der Waals surface area contributed by atoms with E-state index in [9.17, 15) is 4.79 Å². The molecule has 2 aliphatic rings. The van der Waals surface area contributed by atoms with Gasteiger partial charge in [-0.3, -0.25) is 9.78 Å². The fourth-order valence-corrected chi connectivity index (χ4v) is 3.69. The summed E-state index contributed by atoms with van der Waals surface area (Å²) in [5.41, 5.74) is 2.69. The van der Waals surface area contributed by atoms with Gasteiger partial charge in [0.1, 0.15) is 19.0 Å². The van der Waals surface area contributed by atoms with Crippen LogP contribution in [0.1, 0.15) is 5.56 Å². The molecule has 0 bridgehead atoms. The molecule has 1 fully saturated rings. The molecule has 1 saturated heterocycles. The van der Waals surface area contributed by atoms with E-state index >= 15 is 0 Å². The predicted octanol–water partition coefficient (Wildman–Crippen LogP) is 2.76. The zero-order valence-corrected chi connectivity index (χ0v) is 16.5. The van der Waals surface area contributed by atoms with Crippen molar-refractivity contribution in [2.75, 3.05) is 44.3 Å². The van der Waals surface area contributed by atoms with Crippen LogP contribution in [0.2, 0.25) is 0 Å². The van der Waals surface area contributed by atoms with Crippen LogP contribution >= 0.6 is 0 Å². The summed E-state index contributed by atoms with van der Waals surface area (Å²) in [6.07, 6.45) is 5.25. The minimum absolute atomic E-state index is 0.00846. The summed E-state index contributed by atoms with van der Waals surface area (Å²) >= 11 is 0. The molecule has 0 saturated carbocycles. The Hall–Kier alpha value is -3.61. The highest BCUT2D eigenvalue weighted by Crippen LogP contribution is 2.31. The molecule has 0 spiro atoms. The third-order valence-electron chi connectivity index (χ3n) is 5.34. The first kappa shape index (κ1) is 18.4. The number of rotatable bonds is 3. The minimum atomic E-state index is 0.00846. The van der Waals surface area contributed by atoms with Crippen molar-refractivity contribution in [1.29, 1.82) is 0 Å². The molecule has 3 heterocycles. The van der Waals surface area contributed by atoms with Crippen molar-refractivity contribution >= 4 is 28.8 Å². The molecule has 2 aliphatic heterocycles. The third kappa shape index (κ3) is 3.78. The molecule has 7 heteroatoms. The molecule has 1 aromatic heterocycles. The van der Waals surface area contributed by atoms with Gasteiger partial charge in [-0.05, 0) is 35.9 Å². The molecule has 30 heavy (non-hydrogen) atoms. The van der Waals surface area contributed by atoms with E-state index in [2.05, 4.69) is 9.88 Å².